The normalized spacial score (nSPS) is 15.5. The van der Waals surface area contributed by atoms with Crippen LogP contribution in [0.1, 0.15) is 35.0 Å². The number of morpholine rings is 1. The summed E-state index contributed by atoms with van der Waals surface area (Å²) in [5.74, 6) is -1.04. The third-order valence-corrected chi connectivity index (χ3v) is 5.28. The third-order valence-electron chi connectivity index (χ3n) is 5.28. The summed E-state index contributed by atoms with van der Waals surface area (Å²) >= 11 is 0. The van der Waals surface area contributed by atoms with Crippen LogP contribution < -0.4 is 10.2 Å². The Morgan fingerprint density at radius 1 is 1.23 bits per heavy atom. The van der Waals surface area contributed by atoms with E-state index in [4.69, 9.17) is 18.6 Å². The summed E-state index contributed by atoms with van der Waals surface area (Å²) in [5.41, 5.74) is 0.480. The zero-order valence-corrected chi connectivity index (χ0v) is 17.6. The maximum Gasteiger partial charge on any atom is 0.306 e. The molecule has 0 bridgehead atoms. The SMILES string of the molecule is COC(=O)C[C@@H](c1ccc(OC)c(CO)c1)c1oc(CN2CCOCC2)cc(=O)c1O. The molecule has 1 aliphatic heterocycles. The van der Waals surface area contributed by atoms with Gasteiger partial charge < -0.3 is 28.8 Å². The van der Waals surface area contributed by atoms with Gasteiger partial charge in [-0.1, -0.05) is 6.07 Å². The van der Waals surface area contributed by atoms with Crippen LogP contribution in [-0.4, -0.2) is 61.6 Å². The number of esters is 1. The number of benzene rings is 1. The van der Waals surface area contributed by atoms with E-state index in [9.17, 15) is 19.8 Å². The molecule has 1 aromatic heterocycles. The second kappa shape index (κ2) is 10.4. The molecule has 0 unspecified atom stereocenters. The minimum absolute atomic E-state index is 0.0183. The first-order valence-electron chi connectivity index (χ1n) is 9.97. The monoisotopic (exact) mass is 433 g/mol. The van der Waals surface area contributed by atoms with Crippen molar-refractivity contribution in [3.05, 3.63) is 57.1 Å². The van der Waals surface area contributed by atoms with Gasteiger partial charge in [-0.2, -0.15) is 0 Å². The number of aromatic hydroxyl groups is 1. The molecule has 0 aliphatic carbocycles. The predicted molar refractivity (Wildman–Crippen MR) is 110 cm³/mol. The minimum atomic E-state index is -0.791. The molecule has 0 amide bonds. The Bertz CT molecular complexity index is 964. The molecular weight excluding hydrogens is 406 g/mol. The van der Waals surface area contributed by atoms with Crippen molar-refractivity contribution in [2.24, 2.45) is 0 Å². The summed E-state index contributed by atoms with van der Waals surface area (Å²) in [5, 5.41) is 20.2. The zero-order valence-electron chi connectivity index (χ0n) is 17.6. The Hall–Kier alpha value is -2.88. The first-order chi connectivity index (χ1) is 15.0. The Kier molecular flexibility index (Phi) is 7.67. The van der Waals surface area contributed by atoms with Gasteiger partial charge in [0.1, 0.15) is 11.5 Å². The van der Waals surface area contributed by atoms with E-state index < -0.39 is 23.1 Å². The van der Waals surface area contributed by atoms with Crippen molar-refractivity contribution in [3.8, 4) is 11.5 Å². The molecule has 1 atom stereocenters. The van der Waals surface area contributed by atoms with Crippen molar-refractivity contribution in [2.75, 3.05) is 40.5 Å². The Morgan fingerprint density at radius 2 is 1.97 bits per heavy atom. The van der Waals surface area contributed by atoms with E-state index in [-0.39, 0.29) is 18.8 Å². The second-order valence-corrected chi connectivity index (χ2v) is 7.24. The molecule has 2 heterocycles. The van der Waals surface area contributed by atoms with Crippen LogP contribution in [0.3, 0.4) is 0 Å². The summed E-state index contributed by atoms with van der Waals surface area (Å²) in [4.78, 5) is 26.7. The average Bonchev–Trinajstić information content (AvgIpc) is 2.80. The van der Waals surface area contributed by atoms with Crippen molar-refractivity contribution >= 4 is 5.97 Å². The van der Waals surface area contributed by atoms with E-state index in [1.165, 1.54) is 20.3 Å². The number of hydrogen-bond acceptors (Lipinski definition) is 9. The van der Waals surface area contributed by atoms with Crippen LogP contribution >= 0.6 is 0 Å². The van der Waals surface area contributed by atoms with Gasteiger partial charge in [0.25, 0.3) is 0 Å². The van der Waals surface area contributed by atoms with E-state index in [0.717, 1.165) is 0 Å². The number of hydrogen-bond donors (Lipinski definition) is 2. The summed E-state index contributed by atoms with van der Waals surface area (Å²) in [6, 6.07) is 6.26. The number of carbonyl (C=O) groups excluding carboxylic acids is 1. The highest BCUT2D eigenvalue weighted by Crippen LogP contribution is 2.35. The van der Waals surface area contributed by atoms with Gasteiger partial charge in [-0.15, -0.1) is 0 Å². The standard InChI is InChI=1S/C22H27NO8/c1-28-19-4-3-14(9-15(19)13-24)17(11-20(26)29-2)22-21(27)18(25)10-16(31-22)12-23-5-7-30-8-6-23/h3-4,9-10,17,24,27H,5-8,11-13H2,1-2H3/t17-/m0/s1. The molecule has 2 aromatic rings. The highest BCUT2D eigenvalue weighted by Gasteiger charge is 2.27. The molecule has 2 N–H and O–H groups in total. The Morgan fingerprint density at radius 3 is 2.61 bits per heavy atom. The number of carbonyl (C=O) groups is 1. The van der Waals surface area contributed by atoms with Gasteiger partial charge in [0.2, 0.25) is 11.2 Å². The molecule has 3 rings (SSSR count). The molecule has 9 heteroatoms. The molecule has 168 valence electrons. The van der Waals surface area contributed by atoms with E-state index >= 15 is 0 Å². The first-order valence-corrected chi connectivity index (χ1v) is 9.97. The van der Waals surface area contributed by atoms with Gasteiger partial charge in [0.05, 0.1) is 52.9 Å². The lowest BCUT2D eigenvalue weighted by molar-refractivity contribution is -0.140. The molecule has 9 nitrogen and oxygen atoms in total. The van der Waals surface area contributed by atoms with Crippen LogP contribution in [0.15, 0.2) is 33.5 Å². The quantitative estimate of drug-likeness (QED) is 0.595. The lowest BCUT2D eigenvalue weighted by Crippen LogP contribution is -2.35. The van der Waals surface area contributed by atoms with Crippen molar-refractivity contribution in [1.29, 1.82) is 0 Å². The largest absolute Gasteiger partial charge is 0.502 e. The lowest BCUT2D eigenvalue weighted by Gasteiger charge is -2.26. The number of aliphatic hydroxyl groups is 1. The van der Waals surface area contributed by atoms with Crippen LogP contribution in [0, 0.1) is 0 Å². The van der Waals surface area contributed by atoms with Crippen LogP contribution in [-0.2, 0) is 27.4 Å². The molecule has 1 fully saturated rings. The first kappa shape index (κ1) is 22.8. The summed E-state index contributed by atoms with van der Waals surface area (Å²) in [6.45, 7) is 2.68. The van der Waals surface area contributed by atoms with Gasteiger partial charge in [-0.25, -0.2) is 0 Å². The van der Waals surface area contributed by atoms with Crippen LogP contribution in [0.2, 0.25) is 0 Å². The van der Waals surface area contributed by atoms with Gasteiger partial charge in [-0.3, -0.25) is 14.5 Å². The number of nitrogens with zero attached hydrogens (tertiary/aromatic N) is 1. The van der Waals surface area contributed by atoms with Crippen molar-refractivity contribution < 1.29 is 33.6 Å². The average molecular weight is 433 g/mol. The Labute approximate surface area is 179 Å². The number of methoxy groups -OCH3 is 2. The van der Waals surface area contributed by atoms with E-state index in [1.807, 2.05) is 0 Å². The molecule has 0 spiro atoms. The van der Waals surface area contributed by atoms with Crippen molar-refractivity contribution in [1.82, 2.24) is 4.90 Å². The fourth-order valence-electron chi connectivity index (χ4n) is 3.60. The molecule has 31 heavy (non-hydrogen) atoms. The van der Waals surface area contributed by atoms with Crippen molar-refractivity contribution in [3.63, 3.8) is 0 Å². The lowest BCUT2D eigenvalue weighted by atomic mass is 9.91. The fourth-order valence-corrected chi connectivity index (χ4v) is 3.60. The predicted octanol–water partition coefficient (Wildman–Crippen LogP) is 1.37. The number of rotatable bonds is 8. The van der Waals surface area contributed by atoms with Crippen LogP contribution in [0.25, 0.3) is 0 Å². The third kappa shape index (κ3) is 5.43. The Balaban J connectivity index is 2.04. The second-order valence-electron chi connectivity index (χ2n) is 7.24. The highest BCUT2D eigenvalue weighted by molar-refractivity contribution is 5.71. The van der Waals surface area contributed by atoms with Gasteiger partial charge in [0, 0.05) is 24.7 Å². The molecule has 1 saturated heterocycles. The molecule has 1 aromatic carbocycles. The van der Waals surface area contributed by atoms with E-state index in [1.54, 1.807) is 18.2 Å². The fraction of sp³-hybridized carbons (Fsp3) is 0.455. The molecule has 0 saturated carbocycles. The van der Waals surface area contributed by atoms with E-state index in [0.29, 0.717) is 55.5 Å². The highest BCUT2D eigenvalue weighted by atomic mass is 16.5. The van der Waals surface area contributed by atoms with Gasteiger partial charge in [0.15, 0.2) is 5.76 Å². The number of ether oxygens (including phenoxy) is 3. The van der Waals surface area contributed by atoms with Crippen LogP contribution in [0.5, 0.6) is 11.5 Å². The molecule has 1 aliphatic rings. The number of aliphatic hydroxyl groups excluding tert-OH is 1. The maximum atomic E-state index is 12.5. The van der Waals surface area contributed by atoms with Gasteiger partial charge in [-0.05, 0) is 17.7 Å². The summed E-state index contributed by atoms with van der Waals surface area (Å²) in [6.07, 6.45) is -0.162. The molecule has 0 radical (unpaired) electrons. The maximum absolute atomic E-state index is 12.5. The zero-order chi connectivity index (χ0) is 22.4. The van der Waals surface area contributed by atoms with Crippen LogP contribution in [0.4, 0.5) is 0 Å². The smallest absolute Gasteiger partial charge is 0.306 e. The van der Waals surface area contributed by atoms with Crippen molar-refractivity contribution in [2.45, 2.75) is 25.5 Å². The minimum Gasteiger partial charge on any atom is -0.502 e. The van der Waals surface area contributed by atoms with Gasteiger partial charge >= 0.3 is 5.97 Å². The summed E-state index contributed by atoms with van der Waals surface area (Å²) < 4.78 is 21.3. The molecular formula is C22H27NO8. The van der Waals surface area contributed by atoms with E-state index in [2.05, 4.69) is 4.90 Å². The summed E-state index contributed by atoms with van der Waals surface area (Å²) in [7, 11) is 2.75. The topological polar surface area (TPSA) is 119 Å².